The van der Waals surface area contributed by atoms with Crippen molar-refractivity contribution in [2.75, 3.05) is 27.2 Å². The van der Waals surface area contributed by atoms with Gasteiger partial charge in [0.15, 0.2) is 0 Å². The van der Waals surface area contributed by atoms with Gasteiger partial charge in [-0.15, -0.1) is 5.73 Å². The van der Waals surface area contributed by atoms with E-state index in [9.17, 15) is 0 Å². The second-order valence-electron chi connectivity index (χ2n) is 15.4. The second kappa shape index (κ2) is 33.2. The van der Waals surface area contributed by atoms with Crippen molar-refractivity contribution in [1.82, 2.24) is 15.5 Å². The lowest BCUT2D eigenvalue weighted by Gasteiger charge is -2.37. The molecule has 1 aliphatic heterocycles. The van der Waals surface area contributed by atoms with E-state index in [-0.39, 0.29) is 5.54 Å². The van der Waals surface area contributed by atoms with Crippen molar-refractivity contribution in [2.24, 2.45) is 23.3 Å². The molecule has 5 aliphatic rings. The van der Waals surface area contributed by atoms with Crippen LogP contribution in [0, 0.1) is 11.8 Å². The van der Waals surface area contributed by atoms with Gasteiger partial charge >= 0.3 is 0 Å². The van der Waals surface area contributed by atoms with Crippen LogP contribution in [0.2, 0.25) is 0 Å². The molecule has 3 saturated carbocycles. The summed E-state index contributed by atoms with van der Waals surface area (Å²) in [6.45, 7) is 28.2. The lowest BCUT2D eigenvalue weighted by atomic mass is 9.83. The number of hydrogen-bond acceptors (Lipinski definition) is 5. The fourth-order valence-electron chi connectivity index (χ4n) is 8.11. The highest BCUT2D eigenvalue weighted by Gasteiger charge is 2.37. The average molecular weight is 760 g/mol. The lowest BCUT2D eigenvalue weighted by Crippen LogP contribution is -2.47. The van der Waals surface area contributed by atoms with Crippen molar-refractivity contribution in [3.05, 3.63) is 103 Å². The highest BCUT2D eigenvalue weighted by atomic mass is 15.2. The Morgan fingerprint density at radius 1 is 0.945 bits per heavy atom. The molecule has 1 saturated heterocycles. The predicted octanol–water partition coefficient (Wildman–Crippen LogP) is 12.7. The molecule has 6 N–H and O–H groups in total. The molecule has 1 atom stereocenters. The number of allylic oxidation sites excluding steroid dienone is 8. The minimum atomic E-state index is 0.160. The van der Waals surface area contributed by atoms with Gasteiger partial charge in [0.2, 0.25) is 0 Å². The third-order valence-corrected chi connectivity index (χ3v) is 11.2. The van der Waals surface area contributed by atoms with E-state index in [2.05, 4.69) is 110 Å². The number of nitrogens with one attached hydrogen (secondary N) is 2. The van der Waals surface area contributed by atoms with Crippen LogP contribution in [0.15, 0.2) is 103 Å². The fourth-order valence-corrected chi connectivity index (χ4v) is 8.11. The molecule has 0 aromatic rings. The van der Waals surface area contributed by atoms with Crippen LogP contribution in [0.5, 0.6) is 0 Å². The van der Waals surface area contributed by atoms with Gasteiger partial charge in [-0.05, 0) is 120 Å². The summed E-state index contributed by atoms with van der Waals surface area (Å²) in [6.07, 6.45) is 41.2. The molecule has 5 rings (SSSR count). The Morgan fingerprint density at radius 3 is 2.07 bits per heavy atom. The van der Waals surface area contributed by atoms with Crippen molar-refractivity contribution >= 4 is 0 Å². The molecule has 55 heavy (non-hydrogen) atoms. The molecule has 0 aromatic heterocycles. The summed E-state index contributed by atoms with van der Waals surface area (Å²) in [5.41, 5.74) is 19.0. The van der Waals surface area contributed by atoms with Gasteiger partial charge in [0, 0.05) is 37.1 Å². The summed E-state index contributed by atoms with van der Waals surface area (Å²) < 4.78 is 0. The first-order chi connectivity index (χ1) is 26.8. The molecule has 314 valence electrons. The first-order valence-corrected chi connectivity index (χ1v) is 22.3. The van der Waals surface area contributed by atoms with E-state index in [4.69, 9.17) is 0 Å². The topological polar surface area (TPSA) is 79.3 Å². The van der Waals surface area contributed by atoms with Crippen LogP contribution in [0.1, 0.15) is 163 Å². The van der Waals surface area contributed by atoms with Crippen LogP contribution in [0.3, 0.4) is 0 Å². The van der Waals surface area contributed by atoms with Crippen molar-refractivity contribution in [1.29, 1.82) is 0 Å². The van der Waals surface area contributed by atoms with Gasteiger partial charge in [-0.3, -0.25) is 0 Å². The number of likely N-dealkylation sites (tertiary alicyclic amines) is 1. The normalized spacial score (nSPS) is 20.0. The molecule has 4 aliphatic carbocycles. The number of nitrogens with two attached hydrogens (primary N) is 2. The highest BCUT2D eigenvalue weighted by molar-refractivity contribution is 5.28. The standard InChI is InChI=1S/C27H43N3.C11H16.C7H14.C2H5N.C2H6.CH5N/c1-5-12-25(17-16-24-13-7-6-8-14-24)27(18-9-10-19-27)29-21-22(2)30-20-11-15-26(30)23(3)28-4;1-3-5-10(6-4-2)9-11-7-8-11;1-7-5-3-2-4-6-7;1-2-3;2*1-2/h7,12-14,26,28-29H,2-3,5-6,8-11,15-21H2,1,4H3;5-6,11H,1,4,7-9H2,2H3;7H,2-6H2,1H3;2H,1,3H2;1-2H3;2H2,1H3/b25-12+;;;;;. The molecule has 4 fully saturated rings. The number of nitrogens with zero attached hydrogens (tertiary/aromatic N) is 1. The van der Waals surface area contributed by atoms with Gasteiger partial charge in [-0.25, -0.2) is 0 Å². The SMILES string of the molecule is C=C(NC)C1CCCN1C(=C)CNC1(/C(=C/CC)CCC2=CCCC=C2)CCCC1.C=C=CC(=CCC)CC1CC1.C=CN.CC.CC1CCCCC1.CN. The monoisotopic (exact) mass is 760 g/mol. The Bertz CT molecular complexity index is 1200. The van der Waals surface area contributed by atoms with Crippen LogP contribution in [-0.4, -0.2) is 43.7 Å². The van der Waals surface area contributed by atoms with Crippen molar-refractivity contribution in [2.45, 2.75) is 175 Å². The molecule has 1 heterocycles. The smallest absolute Gasteiger partial charge is 0.0680 e. The van der Waals surface area contributed by atoms with E-state index in [1.165, 1.54) is 146 Å². The number of likely N-dealkylation sites (N-methyl/N-ethyl adjacent to an activating group) is 1. The largest absolute Gasteiger partial charge is 0.405 e. The minimum Gasteiger partial charge on any atom is -0.405 e. The van der Waals surface area contributed by atoms with Gasteiger partial charge < -0.3 is 27.0 Å². The van der Waals surface area contributed by atoms with Gasteiger partial charge in [0.05, 0.1) is 6.04 Å². The zero-order chi connectivity index (χ0) is 41.3. The molecular formula is C50H89N5. The first kappa shape index (κ1) is 52.0. The molecular weight excluding hydrogens is 671 g/mol. The maximum atomic E-state index is 4.61. The summed E-state index contributed by atoms with van der Waals surface area (Å²) in [5.74, 6) is 2.01. The van der Waals surface area contributed by atoms with E-state index in [1.54, 1.807) is 5.57 Å². The van der Waals surface area contributed by atoms with Crippen molar-refractivity contribution in [3.63, 3.8) is 0 Å². The van der Waals surface area contributed by atoms with E-state index in [0.29, 0.717) is 6.04 Å². The van der Waals surface area contributed by atoms with Gasteiger partial charge in [-0.1, -0.05) is 147 Å². The Labute approximate surface area is 342 Å². The molecule has 0 bridgehead atoms. The van der Waals surface area contributed by atoms with Gasteiger partial charge in [0.25, 0.3) is 0 Å². The third kappa shape index (κ3) is 21.8. The predicted molar refractivity (Wildman–Crippen MR) is 248 cm³/mol. The molecule has 1 unspecified atom stereocenters. The van der Waals surface area contributed by atoms with E-state index in [0.717, 1.165) is 43.5 Å². The van der Waals surface area contributed by atoms with Crippen molar-refractivity contribution in [3.8, 4) is 0 Å². The minimum absolute atomic E-state index is 0.160. The maximum absolute atomic E-state index is 4.61. The Morgan fingerprint density at radius 2 is 1.58 bits per heavy atom. The summed E-state index contributed by atoms with van der Waals surface area (Å²) in [7, 11) is 3.48. The fraction of sp³-hybridized carbons (Fsp3) is 0.660. The van der Waals surface area contributed by atoms with E-state index >= 15 is 0 Å². The molecule has 5 heteroatoms. The Balaban J connectivity index is 0.000000946. The van der Waals surface area contributed by atoms with E-state index in [1.807, 2.05) is 27.0 Å². The van der Waals surface area contributed by atoms with E-state index < -0.39 is 0 Å². The third-order valence-electron chi connectivity index (χ3n) is 11.2. The molecule has 0 spiro atoms. The van der Waals surface area contributed by atoms with Gasteiger partial charge in [-0.2, -0.15) is 0 Å². The van der Waals surface area contributed by atoms with Crippen LogP contribution >= 0.6 is 0 Å². The molecule has 0 amide bonds. The van der Waals surface area contributed by atoms with Crippen LogP contribution in [0.4, 0.5) is 0 Å². The summed E-state index contributed by atoms with van der Waals surface area (Å²) >= 11 is 0. The highest BCUT2D eigenvalue weighted by Crippen LogP contribution is 2.39. The quantitative estimate of drug-likeness (QED) is 0.0760. The lowest BCUT2D eigenvalue weighted by molar-refractivity contribution is 0.314. The Hall–Kier alpha value is -2.98. The molecule has 0 aromatic carbocycles. The number of hydrogen-bond donors (Lipinski definition) is 4. The average Bonchev–Trinajstić information content (AvgIpc) is 3.66. The zero-order valence-corrected chi connectivity index (χ0v) is 37.3. The maximum Gasteiger partial charge on any atom is 0.0680 e. The van der Waals surface area contributed by atoms with Crippen LogP contribution < -0.4 is 22.1 Å². The molecule has 5 nitrogen and oxygen atoms in total. The summed E-state index contributed by atoms with van der Waals surface area (Å²) in [4.78, 5) is 2.47. The van der Waals surface area contributed by atoms with Gasteiger partial charge in [0.1, 0.15) is 0 Å². The summed E-state index contributed by atoms with van der Waals surface area (Å²) in [6, 6.07) is 0.388. The number of rotatable bonds is 15. The molecule has 0 radical (unpaired) electrons. The zero-order valence-electron chi connectivity index (χ0n) is 37.3. The Kier molecular flexibility index (Phi) is 31.4. The second-order valence-corrected chi connectivity index (χ2v) is 15.4. The summed E-state index contributed by atoms with van der Waals surface area (Å²) in [5, 5.41) is 7.29. The van der Waals surface area contributed by atoms with Crippen LogP contribution in [0.25, 0.3) is 0 Å². The first-order valence-electron chi connectivity index (χ1n) is 22.3. The van der Waals surface area contributed by atoms with Crippen LogP contribution in [-0.2, 0) is 0 Å². The van der Waals surface area contributed by atoms with Crippen molar-refractivity contribution < 1.29 is 0 Å².